The molecule has 1 heterocycles. The lowest BCUT2D eigenvalue weighted by atomic mass is 10.2. The zero-order valence-corrected chi connectivity index (χ0v) is 14.8. The highest BCUT2D eigenvalue weighted by molar-refractivity contribution is 5.67. The van der Waals surface area contributed by atoms with Gasteiger partial charge in [-0.2, -0.15) is 10.2 Å². The molecule has 27 heavy (non-hydrogen) atoms. The number of nitrogens with zero attached hydrogens (tertiary/aromatic N) is 2. The molecule has 0 aliphatic carbocycles. The Morgan fingerprint density at radius 3 is 2.56 bits per heavy atom. The first-order valence-electron chi connectivity index (χ1n) is 8.48. The van der Waals surface area contributed by atoms with Gasteiger partial charge in [0.2, 0.25) is 17.5 Å². The Morgan fingerprint density at radius 1 is 1.15 bits per heavy atom. The van der Waals surface area contributed by atoms with Crippen molar-refractivity contribution in [1.29, 1.82) is 5.26 Å². The quantitative estimate of drug-likeness (QED) is 0.649. The number of nitriles is 1. The molecule has 0 saturated carbocycles. The van der Waals surface area contributed by atoms with Gasteiger partial charge in [0.05, 0.1) is 6.61 Å². The molecule has 1 N–H and O–H groups in total. The van der Waals surface area contributed by atoms with Crippen LogP contribution in [0, 0.1) is 17.1 Å². The van der Waals surface area contributed by atoms with Gasteiger partial charge in [-0.05, 0) is 48.4 Å². The average Bonchev–Trinajstić information content (AvgIpc) is 3.09. The Balaban J connectivity index is 1.68. The number of hydrogen-bond acceptors (Lipinski definition) is 5. The van der Waals surface area contributed by atoms with Crippen LogP contribution in [0.3, 0.4) is 0 Å². The fourth-order valence-corrected chi connectivity index (χ4v) is 2.40. The highest BCUT2D eigenvalue weighted by Crippen LogP contribution is 2.20. The fraction of sp³-hybridized carbons (Fsp3) is 0.143. The van der Waals surface area contributed by atoms with E-state index in [1.807, 2.05) is 43.3 Å². The molecule has 0 radical (unpaired) electrons. The molecule has 3 rings (SSSR count). The molecule has 0 aliphatic heterocycles. The topological polar surface area (TPSA) is 71.1 Å². The lowest BCUT2D eigenvalue weighted by Crippen LogP contribution is -1.99. The number of nitrogens with one attached hydrogen (secondary N) is 1. The molecule has 0 spiro atoms. The van der Waals surface area contributed by atoms with E-state index in [4.69, 9.17) is 9.15 Å². The number of oxazole rings is 1. The Labute approximate surface area is 156 Å². The van der Waals surface area contributed by atoms with Crippen LogP contribution in [0.1, 0.15) is 29.6 Å². The third-order valence-corrected chi connectivity index (χ3v) is 3.73. The summed E-state index contributed by atoms with van der Waals surface area (Å²) in [6.07, 6.45) is 3.53. The number of halogens is 1. The number of benzene rings is 2. The van der Waals surface area contributed by atoms with Gasteiger partial charge in [0.1, 0.15) is 17.6 Å². The average molecular weight is 363 g/mol. The highest BCUT2D eigenvalue weighted by atomic mass is 19.1. The maximum Gasteiger partial charge on any atom is 0.232 e. The minimum absolute atomic E-state index is 0.170. The summed E-state index contributed by atoms with van der Waals surface area (Å²) in [4.78, 5) is 4.16. The van der Waals surface area contributed by atoms with Crippen LogP contribution >= 0.6 is 0 Å². The minimum Gasteiger partial charge on any atom is -0.494 e. The van der Waals surface area contributed by atoms with Crippen molar-refractivity contribution in [3.63, 3.8) is 0 Å². The van der Waals surface area contributed by atoms with Gasteiger partial charge in [-0.25, -0.2) is 4.39 Å². The number of hydrogen-bond donors (Lipinski definition) is 1. The highest BCUT2D eigenvalue weighted by Gasteiger charge is 2.11. The van der Waals surface area contributed by atoms with E-state index in [0.29, 0.717) is 19.0 Å². The maximum atomic E-state index is 13.0. The Kier molecular flexibility index (Phi) is 5.85. The van der Waals surface area contributed by atoms with Crippen molar-refractivity contribution < 1.29 is 13.5 Å². The SMILES string of the molecule is CCOc1ccc(/C=C/c2nc(C#N)c(NCc3ccc(F)cc3)o2)cc1. The fourth-order valence-electron chi connectivity index (χ4n) is 2.40. The van der Waals surface area contributed by atoms with Gasteiger partial charge >= 0.3 is 0 Å². The number of aromatic nitrogens is 1. The number of rotatable bonds is 7. The van der Waals surface area contributed by atoms with Crippen LogP contribution in [0.5, 0.6) is 5.75 Å². The Morgan fingerprint density at radius 2 is 1.89 bits per heavy atom. The molecular formula is C21H18FN3O2. The molecule has 0 bridgehead atoms. The van der Waals surface area contributed by atoms with Gasteiger partial charge in [-0.15, -0.1) is 0 Å². The lowest BCUT2D eigenvalue weighted by Gasteiger charge is -2.02. The van der Waals surface area contributed by atoms with Crippen LogP contribution in [-0.4, -0.2) is 11.6 Å². The second-order valence-corrected chi connectivity index (χ2v) is 5.66. The van der Waals surface area contributed by atoms with Crippen LogP contribution < -0.4 is 10.1 Å². The van der Waals surface area contributed by atoms with E-state index < -0.39 is 0 Å². The largest absolute Gasteiger partial charge is 0.494 e. The summed E-state index contributed by atoms with van der Waals surface area (Å²) in [7, 11) is 0. The zero-order chi connectivity index (χ0) is 19.1. The molecule has 6 heteroatoms. The third kappa shape index (κ3) is 4.95. The first-order chi connectivity index (χ1) is 13.2. The molecule has 0 amide bonds. The molecule has 1 aromatic heterocycles. The number of anilines is 1. The first-order valence-corrected chi connectivity index (χ1v) is 8.48. The van der Waals surface area contributed by atoms with Gasteiger partial charge in [0.15, 0.2) is 0 Å². The minimum atomic E-state index is -0.294. The summed E-state index contributed by atoms with van der Waals surface area (Å²) in [6.45, 7) is 2.95. The smallest absolute Gasteiger partial charge is 0.232 e. The van der Waals surface area contributed by atoms with Crippen LogP contribution in [0.4, 0.5) is 10.3 Å². The van der Waals surface area contributed by atoms with Crippen molar-refractivity contribution in [2.24, 2.45) is 0 Å². The molecule has 0 fully saturated rings. The molecule has 0 unspecified atom stereocenters. The van der Waals surface area contributed by atoms with Crippen LogP contribution in [0.25, 0.3) is 12.2 Å². The van der Waals surface area contributed by atoms with Crippen molar-refractivity contribution >= 4 is 18.0 Å². The molecule has 5 nitrogen and oxygen atoms in total. The van der Waals surface area contributed by atoms with E-state index >= 15 is 0 Å². The summed E-state index contributed by atoms with van der Waals surface area (Å²) in [5, 5.41) is 12.2. The van der Waals surface area contributed by atoms with Crippen LogP contribution in [0.15, 0.2) is 52.9 Å². The predicted molar refractivity (Wildman–Crippen MR) is 101 cm³/mol. The molecule has 0 atom stereocenters. The lowest BCUT2D eigenvalue weighted by molar-refractivity contribution is 0.340. The second kappa shape index (κ2) is 8.68. The van der Waals surface area contributed by atoms with Crippen molar-refractivity contribution in [3.8, 4) is 11.8 Å². The second-order valence-electron chi connectivity index (χ2n) is 5.66. The van der Waals surface area contributed by atoms with Gasteiger partial charge in [-0.3, -0.25) is 0 Å². The summed E-state index contributed by atoms with van der Waals surface area (Å²) in [5.41, 5.74) is 1.99. The van der Waals surface area contributed by atoms with Crippen molar-refractivity contribution in [2.75, 3.05) is 11.9 Å². The van der Waals surface area contributed by atoms with Gasteiger partial charge in [0.25, 0.3) is 0 Å². The van der Waals surface area contributed by atoms with E-state index in [0.717, 1.165) is 16.9 Å². The summed E-state index contributed by atoms with van der Waals surface area (Å²) in [5.74, 6) is 1.12. The summed E-state index contributed by atoms with van der Waals surface area (Å²) < 4.78 is 24.0. The van der Waals surface area contributed by atoms with E-state index in [1.54, 1.807) is 18.2 Å². The normalized spacial score (nSPS) is 10.7. The predicted octanol–water partition coefficient (Wildman–Crippen LogP) is 4.87. The molecule has 0 saturated heterocycles. The van der Waals surface area contributed by atoms with E-state index in [2.05, 4.69) is 10.3 Å². The zero-order valence-electron chi connectivity index (χ0n) is 14.8. The molecule has 136 valence electrons. The van der Waals surface area contributed by atoms with E-state index in [1.165, 1.54) is 12.1 Å². The van der Waals surface area contributed by atoms with Gasteiger partial charge in [0, 0.05) is 12.6 Å². The maximum absolute atomic E-state index is 13.0. The molecule has 0 aliphatic rings. The van der Waals surface area contributed by atoms with Crippen LogP contribution in [0.2, 0.25) is 0 Å². The number of ether oxygens (including phenoxy) is 1. The van der Waals surface area contributed by atoms with Crippen molar-refractivity contribution in [2.45, 2.75) is 13.5 Å². The molecular weight excluding hydrogens is 345 g/mol. The van der Waals surface area contributed by atoms with Crippen molar-refractivity contribution in [3.05, 3.63) is 77.1 Å². The third-order valence-electron chi connectivity index (χ3n) is 3.73. The summed E-state index contributed by atoms with van der Waals surface area (Å²) in [6, 6.07) is 15.7. The van der Waals surface area contributed by atoms with E-state index in [-0.39, 0.29) is 17.4 Å². The van der Waals surface area contributed by atoms with Gasteiger partial charge in [-0.1, -0.05) is 24.3 Å². The Bertz CT molecular complexity index is 955. The monoisotopic (exact) mass is 363 g/mol. The van der Waals surface area contributed by atoms with Gasteiger partial charge < -0.3 is 14.5 Å². The molecule has 2 aromatic carbocycles. The van der Waals surface area contributed by atoms with Crippen molar-refractivity contribution in [1.82, 2.24) is 4.98 Å². The van der Waals surface area contributed by atoms with E-state index in [9.17, 15) is 9.65 Å². The van der Waals surface area contributed by atoms with Crippen LogP contribution in [-0.2, 0) is 6.54 Å². The Hall–Kier alpha value is -3.59. The summed E-state index contributed by atoms with van der Waals surface area (Å²) >= 11 is 0. The first kappa shape index (κ1) is 18.2. The molecule has 3 aromatic rings. The standard InChI is InChI=1S/C21H18FN3O2/c1-2-26-18-10-5-15(6-11-18)7-12-20-25-19(13-23)21(27-20)24-14-16-3-8-17(22)9-4-16/h3-12,24H,2,14H2,1H3/b12-7+.